The van der Waals surface area contributed by atoms with E-state index in [1.807, 2.05) is 0 Å². The molecule has 1 aliphatic heterocycles. The van der Waals surface area contributed by atoms with Gasteiger partial charge in [0.1, 0.15) is 0 Å². The van der Waals surface area contributed by atoms with E-state index in [0.717, 1.165) is 6.04 Å². The van der Waals surface area contributed by atoms with Crippen LogP contribution in [0.1, 0.15) is 46.5 Å². The third kappa shape index (κ3) is 5.31. The third-order valence-electron chi connectivity index (χ3n) is 3.75. The number of piperidine rings is 1. The standard InChI is InChI=1S/C14H30N2/c1-14(2,3)9-6-10-16(5)13-7-11-15(4)12-8-13/h13H,6-12H2,1-5H3. The molecule has 0 aromatic carbocycles. The van der Waals surface area contributed by atoms with E-state index in [1.165, 1.54) is 45.3 Å². The van der Waals surface area contributed by atoms with Crippen molar-refractivity contribution in [1.29, 1.82) is 0 Å². The van der Waals surface area contributed by atoms with Gasteiger partial charge in [0.2, 0.25) is 0 Å². The van der Waals surface area contributed by atoms with E-state index < -0.39 is 0 Å². The fourth-order valence-electron chi connectivity index (χ4n) is 2.48. The molecule has 0 atom stereocenters. The zero-order valence-corrected chi connectivity index (χ0v) is 11.9. The molecule has 0 unspecified atom stereocenters. The monoisotopic (exact) mass is 226 g/mol. The van der Waals surface area contributed by atoms with Gasteiger partial charge in [-0.15, -0.1) is 0 Å². The molecular formula is C14H30N2. The van der Waals surface area contributed by atoms with Crippen molar-refractivity contribution >= 4 is 0 Å². The van der Waals surface area contributed by atoms with Gasteiger partial charge in [-0.1, -0.05) is 20.8 Å². The lowest BCUT2D eigenvalue weighted by molar-refractivity contribution is 0.139. The molecule has 0 saturated carbocycles. The summed E-state index contributed by atoms with van der Waals surface area (Å²) in [5, 5.41) is 0. The maximum absolute atomic E-state index is 2.58. The van der Waals surface area contributed by atoms with E-state index in [2.05, 4.69) is 44.7 Å². The first-order chi connectivity index (χ1) is 7.38. The molecule has 0 N–H and O–H groups in total. The average Bonchev–Trinajstić information content (AvgIpc) is 2.16. The Bertz CT molecular complexity index is 187. The Morgan fingerprint density at radius 1 is 1.19 bits per heavy atom. The van der Waals surface area contributed by atoms with Gasteiger partial charge in [-0.2, -0.15) is 0 Å². The zero-order chi connectivity index (χ0) is 12.2. The van der Waals surface area contributed by atoms with Crippen LogP contribution in [-0.2, 0) is 0 Å². The molecule has 1 aliphatic rings. The minimum atomic E-state index is 0.494. The van der Waals surface area contributed by atoms with Gasteiger partial charge in [0.05, 0.1) is 0 Å². The lowest BCUT2D eigenvalue weighted by Gasteiger charge is -2.35. The van der Waals surface area contributed by atoms with Gasteiger partial charge in [-0.3, -0.25) is 0 Å². The van der Waals surface area contributed by atoms with E-state index >= 15 is 0 Å². The summed E-state index contributed by atoms with van der Waals surface area (Å²) in [6.07, 6.45) is 5.38. The van der Waals surface area contributed by atoms with Crippen molar-refractivity contribution in [1.82, 2.24) is 9.80 Å². The third-order valence-corrected chi connectivity index (χ3v) is 3.75. The van der Waals surface area contributed by atoms with E-state index in [9.17, 15) is 0 Å². The lowest BCUT2D eigenvalue weighted by atomic mass is 9.90. The summed E-state index contributed by atoms with van der Waals surface area (Å²) in [4.78, 5) is 5.03. The highest BCUT2D eigenvalue weighted by molar-refractivity contribution is 4.77. The van der Waals surface area contributed by atoms with Crippen molar-refractivity contribution in [2.75, 3.05) is 33.7 Å². The summed E-state index contributed by atoms with van der Waals surface area (Å²) in [7, 11) is 4.54. The molecule has 1 fully saturated rings. The molecule has 1 saturated heterocycles. The molecule has 16 heavy (non-hydrogen) atoms. The molecule has 0 aromatic heterocycles. The quantitative estimate of drug-likeness (QED) is 0.727. The summed E-state index contributed by atoms with van der Waals surface area (Å²) in [5.74, 6) is 0. The van der Waals surface area contributed by atoms with Gasteiger partial charge in [-0.05, 0) is 64.8 Å². The number of nitrogens with zero attached hydrogens (tertiary/aromatic N) is 2. The maximum Gasteiger partial charge on any atom is 0.0117 e. The van der Waals surface area contributed by atoms with Crippen LogP contribution in [0.2, 0.25) is 0 Å². The van der Waals surface area contributed by atoms with Gasteiger partial charge >= 0.3 is 0 Å². The molecule has 0 amide bonds. The summed E-state index contributed by atoms with van der Waals surface area (Å²) in [6, 6.07) is 0.830. The van der Waals surface area contributed by atoms with Crippen LogP contribution in [-0.4, -0.2) is 49.6 Å². The number of rotatable bonds is 4. The van der Waals surface area contributed by atoms with Crippen molar-refractivity contribution in [3.63, 3.8) is 0 Å². The smallest absolute Gasteiger partial charge is 0.0117 e. The average molecular weight is 226 g/mol. The molecule has 0 radical (unpaired) electrons. The molecule has 1 heterocycles. The van der Waals surface area contributed by atoms with Gasteiger partial charge in [0.25, 0.3) is 0 Å². The van der Waals surface area contributed by atoms with Gasteiger partial charge < -0.3 is 9.80 Å². The van der Waals surface area contributed by atoms with Crippen LogP contribution in [0.25, 0.3) is 0 Å². The lowest BCUT2D eigenvalue weighted by Crippen LogP contribution is -2.42. The van der Waals surface area contributed by atoms with Gasteiger partial charge in [0.15, 0.2) is 0 Å². The van der Waals surface area contributed by atoms with Crippen molar-refractivity contribution in [3.8, 4) is 0 Å². The second kappa shape index (κ2) is 6.02. The summed E-state index contributed by atoms with van der Waals surface area (Å²) < 4.78 is 0. The number of hydrogen-bond acceptors (Lipinski definition) is 2. The Morgan fingerprint density at radius 3 is 2.25 bits per heavy atom. The second-order valence-electron chi connectivity index (χ2n) is 6.68. The zero-order valence-electron chi connectivity index (χ0n) is 11.9. The largest absolute Gasteiger partial charge is 0.306 e. The van der Waals surface area contributed by atoms with Crippen molar-refractivity contribution in [2.24, 2.45) is 5.41 Å². The predicted molar refractivity (Wildman–Crippen MR) is 71.8 cm³/mol. The minimum absolute atomic E-state index is 0.494. The number of hydrogen-bond donors (Lipinski definition) is 0. The van der Waals surface area contributed by atoms with Crippen LogP contribution in [0.15, 0.2) is 0 Å². The minimum Gasteiger partial charge on any atom is -0.306 e. The van der Waals surface area contributed by atoms with Gasteiger partial charge in [-0.25, -0.2) is 0 Å². The molecule has 2 nitrogen and oxygen atoms in total. The van der Waals surface area contributed by atoms with Crippen molar-refractivity contribution < 1.29 is 0 Å². The first kappa shape index (κ1) is 14.0. The van der Waals surface area contributed by atoms with E-state index in [0.29, 0.717) is 5.41 Å². The van der Waals surface area contributed by atoms with Crippen molar-refractivity contribution in [3.05, 3.63) is 0 Å². The van der Waals surface area contributed by atoms with Gasteiger partial charge in [0, 0.05) is 6.04 Å². The SMILES string of the molecule is CN1CCC(N(C)CCCC(C)(C)C)CC1. The fraction of sp³-hybridized carbons (Fsp3) is 1.00. The molecule has 2 heteroatoms. The normalized spacial score (nSPS) is 20.6. The van der Waals surface area contributed by atoms with E-state index in [-0.39, 0.29) is 0 Å². The highest BCUT2D eigenvalue weighted by Gasteiger charge is 2.20. The Kier molecular flexibility index (Phi) is 5.26. The molecule has 96 valence electrons. The van der Waals surface area contributed by atoms with Crippen molar-refractivity contribution in [2.45, 2.75) is 52.5 Å². The van der Waals surface area contributed by atoms with E-state index in [1.54, 1.807) is 0 Å². The second-order valence-corrected chi connectivity index (χ2v) is 6.68. The van der Waals surface area contributed by atoms with Crippen LogP contribution in [0.3, 0.4) is 0 Å². The van der Waals surface area contributed by atoms with Crippen LogP contribution >= 0.6 is 0 Å². The summed E-state index contributed by atoms with van der Waals surface area (Å²) in [5.41, 5.74) is 0.494. The van der Waals surface area contributed by atoms with E-state index in [4.69, 9.17) is 0 Å². The maximum atomic E-state index is 2.58. The Balaban J connectivity index is 2.17. The Hall–Kier alpha value is -0.0800. The molecular weight excluding hydrogens is 196 g/mol. The molecule has 0 aliphatic carbocycles. The summed E-state index contributed by atoms with van der Waals surface area (Å²) in [6.45, 7) is 10.8. The topological polar surface area (TPSA) is 6.48 Å². The predicted octanol–water partition coefficient (Wildman–Crippen LogP) is 2.84. The number of likely N-dealkylation sites (tertiary alicyclic amines) is 1. The van der Waals surface area contributed by atoms with Crippen LogP contribution in [0, 0.1) is 5.41 Å². The molecule has 0 spiro atoms. The molecule has 1 rings (SSSR count). The first-order valence-corrected chi connectivity index (χ1v) is 6.77. The molecule has 0 bridgehead atoms. The first-order valence-electron chi connectivity index (χ1n) is 6.77. The Morgan fingerprint density at radius 2 is 1.75 bits per heavy atom. The summed E-state index contributed by atoms with van der Waals surface area (Å²) >= 11 is 0. The van der Waals surface area contributed by atoms with Crippen LogP contribution in [0.5, 0.6) is 0 Å². The molecule has 0 aromatic rings. The fourth-order valence-corrected chi connectivity index (χ4v) is 2.48. The highest BCUT2D eigenvalue weighted by atomic mass is 15.2. The Labute approximate surface area is 102 Å². The highest BCUT2D eigenvalue weighted by Crippen LogP contribution is 2.21. The van der Waals surface area contributed by atoms with Crippen LogP contribution in [0.4, 0.5) is 0 Å². The van der Waals surface area contributed by atoms with Crippen LogP contribution < -0.4 is 0 Å².